The lowest BCUT2D eigenvalue weighted by molar-refractivity contribution is -0.139. The summed E-state index contributed by atoms with van der Waals surface area (Å²) in [6.07, 6.45) is 5.80. The summed E-state index contributed by atoms with van der Waals surface area (Å²) < 4.78 is 1.78. The van der Waals surface area contributed by atoms with Crippen molar-refractivity contribution in [3.8, 4) is 0 Å². The number of hydrogen-bond donors (Lipinski definition) is 1. The Bertz CT molecular complexity index is 498. The van der Waals surface area contributed by atoms with Crippen molar-refractivity contribution < 1.29 is 9.90 Å². The standard InChI is InChI=1S/C15H26N4O2/c1-14(2,3)11(10-12(20)21)19-13(16-17-18-19)15(4)8-6-5-7-9-15/h11H,5-10H2,1-4H3,(H,20,21). The second-order valence-corrected chi connectivity index (χ2v) is 7.55. The van der Waals surface area contributed by atoms with Crippen LogP contribution in [0.2, 0.25) is 0 Å². The number of tetrazole rings is 1. The number of aliphatic carboxylic acids is 1. The molecule has 1 unspecified atom stereocenters. The maximum absolute atomic E-state index is 11.2. The highest BCUT2D eigenvalue weighted by Gasteiger charge is 2.39. The van der Waals surface area contributed by atoms with Crippen molar-refractivity contribution in [3.63, 3.8) is 0 Å². The molecule has 118 valence electrons. The fraction of sp³-hybridized carbons (Fsp3) is 0.867. The van der Waals surface area contributed by atoms with E-state index in [1.807, 2.05) is 20.8 Å². The third kappa shape index (κ3) is 3.41. The largest absolute Gasteiger partial charge is 0.481 e. The first-order valence-corrected chi connectivity index (χ1v) is 7.74. The van der Waals surface area contributed by atoms with E-state index in [1.54, 1.807) is 4.68 Å². The molecule has 6 nitrogen and oxygen atoms in total. The molecule has 0 amide bonds. The van der Waals surface area contributed by atoms with E-state index in [0.717, 1.165) is 18.7 Å². The monoisotopic (exact) mass is 294 g/mol. The predicted molar refractivity (Wildman–Crippen MR) is 79.0 cm³/mol. The lowest BCUT2D eigenvalue weighted by Crippen LogP contribution is -2.35. The molecule has 1 fully saturated rings. The molecule has 1 saturated carbocycles. The summed E-state index contributed by atoms with van der Waals surface area (Å²) >= 11 is 0. The third-order valence-corrected chi connectivity index (χ3v) is 4.65. The molecule has 1 aromatic rings. The van der Waals surface area contributed by atoms with Gasteiger partial charge in [-0.15, -0.1) is 5.10 Å². The van der Waals surface area contributed by atoms with E-state index in [9.17, 15) is 9.90 Å². The predicted octanol–water partition coefficient (Wildman–Crippen LogP) is 2.96. The van der Waals surface area contributed by atoms with E-state index >= 15 is 0 Å². The molecular weight excluding hydrogens is 268 g/mol. The minimum absolute atomic E-state index is 0.0379. The van der Waals surface area contributed by atoms with Crippen LogP contribution < -0.4 is 0 Å². The number of hydrogen-bond acceptors (Lipinski definition) is 4. The van der Waals surface area contributed by atoms with Gasteiger partial charge in [-0.25, -0.2) is 4.68 Å². The Kier molecular flexibility index (Phi) is 4.35. The second kappa shape index (κ2) is 5.73. The van der Waals surface area contributed by atoms with E-state index in [2.05, 4.69) is 22.4 Å². The van der Waals surface area contributed by atoms with Crippen LogP contribution in [0.4, 0.5) is 0 Å². The van der Waals surface area contributed by atoms with Crippen molar-refractivity contribution in [2.24, 2.45) is 5.41 Å². The average Bonchev–Trinajstić information content (AvgIpc) is 2.85. The topological polar surface area (TPSA) is 80.9 Å². The molecule has 1 heterocycles. The highest BCUT2D eigenvalue weighted by Crippen LogP contribution is 2.41. The zero-order valence-corrected chi connectivity index (χ0v) is 13.5. The summed E-state index contributed by atoms with van der Waals surface area (Å²) in [6.45, 7) is 8.31. The molecule has 1 atom stereocenters. The fourth-order valence-electron chi connectivity index (χ4n) is 3.28. The molecule has 0 aromatic carbocycles. The van der Waals surface area contributed by atoms with Crippen molar-refractivity contribution in [2.75, 3.05) is 0 Å². The number of rotatable bonds is 4. The molecule has 0 aliphatic heterocycles. The summed E-state index contributed by atoms with van der Waals surface area (Å²) in [7, 11) is 0. The van der Waals surface area contributed by atoms with Crippen LogP contribution in [0.15, 0.2) is 0 Å². The van der Waals surface area contributed by atoms with Crippen LogP contribution in [0.1, 0.15) is 78.1 Å². The van der Waals surface area contributed by atoms with Gasteiger partial charge in [0.1, 0.15) is 0 Å². The summed E-state index contributed by atoms with van der Waals surface area (Å²) in [5.41, 5.74) is -0.253. The van der Waals surface area contributed by atoms with Crippen molar-refractivity contribution >= 4 is 5.97 Å². The molecule has 1 aromatic heterocycles. The molecule has 21 heavy (non-hydrogen) atoms. The van der Waals surface area contributed by atoms with Crippen LogP contribution in [-0.2, 0) is 10.2 Å². The molecule has 1 aliphatic carbocycles. The van der Waals surface area contributed by atoms with Gasteiger partial charge in [0.05, 0.1) is 12.5 Å². The van der Waals surface area contributed by atoms with E-state index in [0.29, 0.717) is 0 Å². The zero-order valence-electron chi connectivity index (χ0n) is 13.5. The molecule has 0 spiro atoms. The van der Waals surface area contributed by atoms with Gasteiger partial charge in [-0.05, 0) is 28.7 Å². The molecule has 0 radical (unpaired) electrons. The summed E-state index contributed by atoms with van der Waals surface area (Å²) in [5, 5.41) is 21.5. The normalized spacial score (nSPS) is 20.2. The Morgan fingerprint density at radius 3 is 2.48 bits per heavy atom. The minimum atomic E-state index is -0.815. The Hall–Kier alpha value is -1.46. The van der Waals surface area contributed by atoms with Crippen LogP contribution in [0.25, 0.3) is 0 Å². The fourth-order valence-corrected chi connectivity index (χ4v) is 3.28. The van der Waals surface area contributed by atoms with E-state index in [-0.39, 0.29) is 23.3 Å². The van der Waals surface area contributed by atoms with Gasteiger partial charge < -0.3 is 5.11 Å². The Morgan fingerprint density at radius 1 is 1.33 bits per heavy atom. The third-order valence-electron chi connectivity index (χ3n) is 4.65. The molecular formula is C15H26N4O2. The number of nitrogens with zero attached hydrogens (tertiary/aromatic N) is 4. The van der Waals surface area contributed by atoms with Crippen molar-refractivity contribution in [2.45, 2.75) is 77.7 Å². The zero-order chi connectivity index (χ0) is 15.7. The van der Waals surface area contributed by atoms with E-state index in [1.165, 1.54) is 19.3 Å². The smallest absolute Gasteiger partial charge is 0.305 e. The lowest BCUT2D eigenvalue weighted by Gasteiger charge is -2.36. The lowest BCUT2D eigenvalue weighted by atomic mass is 9.74. The number of aromatic nitrogens is 4. The van der Waals surface area contributed by atoms with Gasteiger partial charge >= 0.3 is 5.97 Å². The summed E-state index contributed by atoms with van der Waals surface area (Å²) in [5.74, 6) is 0.0357. The van der Waals surface area contributed by atoms with Crippen LogP contribution in [0.3, 0.4) is 0 Å². The van der Waals surface area contributed by atoms with Crippen LogP contribution in [-0.4, -0.2) is 31.3 Å². The van der Waals surface area contributed by atoms with Gasteiger partial charge in [0.15, 0.2) is 5.82 Å². The highest BCUT2D eigenvalue weighted by molar-refractivity contribution is 5.67. The van der Waals surface area contributed by atoms with Crippen LogP contribution in [0.5, 0.6) is 0 Å². The second-order valence-electron chi connectivity index (χ2n) is 7.55. The quantitative estimate of drug-likeness (QED) is 0.923. The van der Waals surface area contributed by atoms with Gasteiger partial charge in [0.25, 0.3) is 0 Å². The molecule has 1 N–H and O–H groups in total. The van der Waals surface area contributed by atoms with Crippen LogP contribution in [0, 0.1) is 5.41 Å². The van der Waals surface area contributed by atoms with Gasteiger partial charge in [0, 0.05) is 5.41 Å². The number of carboxylic acids is 1. The molecule has 2 rings (SSSR count). The Morgan fingerprint density at radius 2 is 1.95 bits per heavy atom. The van der Waals surface area contributed by atoms with E-state index < -0.39 is 5.97 Å². The van der Waals surface area contributed by atoms with Gasteiger partial charge in [-0.2, -0.15) is 0 Å². The Balaban J connectivity index is 2.39. The summed E-state index contributed by atoms with van der Waals surface area (Å²) in [4.78, 5) is 11.2. The first kappa shape index (κ1) is 15.9. The molecule has 1 aliphatic rings. The number of carboxylic acid groups (broad SMARTS) is 1. The van der Waals surface area contributed by atoms with Crippen molar-refractivity contribution in [3.05, 3.63) is 5.82 Å². The van der Waals surface area contributed by atoms with E-state index in [4.69, 9.17) is 0 Å². The molecule has 6 heteroatoms. The Labute approximate surface area is 125 Å². The average molecular weight is 294 g/mol. The first-order chi connectivity index (χ1) is 9.74. The van der Waals surface area contributed by atoms with Crippen molar-refractivity contribution in [1.82, 2.24) is 20.2 Å². The van der Waals surface area contributed by atoms with Gasteiger partial charge in [-0.3, -0.25) is 4.79 Å². The van der Waals surface area contributed by atoms with Gasteiger partial charge in [-0.1, -0.05) is 47.0 Å². The number of carbonyl (C=O) groups is 1. The highest BCUT2D eigenvalue weighted by atomic mass is 16.4. The first-order valence-electron chi connectivity index (χ1n) is 7.74. The molecule has 0 bridgehead atoms. The summed E-state index contributed by atoms with van der Waals surface area (Å²) in [6, 6.07) is -0.237. The maximum atomic E-state index is 11.2. The maximum Gasteiger partial charge on any atom is 0.305 e. The van der Waals surface area contributed by atoms with Gasteiger partial charge in [0.2, 0.25) is 0 Å². The SMILES string of the molecule is CC1(c2nnnn2C(CC(=O)O)C(C)(C)C)CCCCC1. The van der Waals surface area contributed by atoms with Crippen molar-refractivity contribution in [1.29, 1.82) is 0 Å². The van der Waals surface area contributed by atoms with Crippen LogP contribution >= 0.6 is 0 Å². The molecule has 0 saturated heterocycles. The minimum Gasteiger partial charge on any atom is -0.481 e.